The second-order valence-electron chi connectivity index (χ2n) is 14.9. The van der Waals surface area contributed by atoms with Crippen molar-refractivity contribution in [3.8, 4) is 5.88 Å². The number of likely N-dealkylation sites (tertiary alicyclic amines) is 2. The number of aliphatic hydroxyl groups is 1. The van der Waals surface area contributed by atoms with Crippen LogP contribution >= 0.6 is 11.6 Å². The molecule has 5 rings (SSSR count). The average Bonchev–Trinajstić information content (AvgIpc) is 2.90. The lowest BCUT2D eigenvalue weighted by Crippen LogP contribution is -2.67. The van der Waals surface area contributed by atoms with Gasteiger partial charge in [0.2, 0.25) is 5.88 Å². The number of amides is 2. The highest BCUT2D eigenvalue weighted by Crippen LogP contribution is 2.47. The van der Waals surface area contributed by atoms with Gasteiger partial charge in [-0.05, 0) is 64.8 Å². The van der Waals surface area contributed by atoms with Crippen molar-refractivity contribution in [2.24, 2.45) is 11.8 Å². The van der Waals surface area contributed by atoms with E-state index in [4.69, 9.17) is 25.8 Å². The molecule has 2 fully saturated rings. The van der Waals surface area contributed by atoms with Gasteiger partial charge in [0.15, 0.2) is 0 Å². The van der Waals surface area contributed by atoms with Gasteiger partial charge >= 0.3 is 12.2 Å². The SMILES string of the molecule is COc1nc2ccc(C(O)(C3CN(C(=O)OC(C)(C)C)C3)C3CN(C(=O)OC(C)(C)C)C3)cc2c(Cl)c1Cc1ccc(C(C)(F)F)cc1. The molecule has 9 nitrogen and oxygen atoms in total. The Kier molecular flexibility index (Phi) is 9.37. The van der Waals surface area contributed by atoms with Crippen LogP contribution in [-0.2, 0) is 27.4 Å². The first-order chi connectivity index (χ1) is 22.2. The summed E-state index contributed by atoms with van der Waals surface area (Å²) in [6, 6.07) is 11.4. The molecule has 2 aliphatic heterocycles. The molecule has 0 atom stereocenters. The van der Waals surface area contributed by atoms with E-state index in [0.717, 1.165) is 12.5 Å². The Morgan fingerprint density at radius 3 is 1.77 bits per heavy atom. The summed E-state index contributed by atoms with van der Waals surface area (Å²) in [5.74, 6) is -3.36. The lowest BCUT2D eigenvalue weighted by molar-refractivity contribution is -0.159. The zero-order chi connectivity index (χ0) is 35.4. The minimum atomic E-state index is -2.96. The smallest absolute Gasteiger partial charge is 0.410 e. The molecule has 2 aromatic carbocycles. The zero-order valence-corrected chi connectivity index (χ0v) is 29.5. The van der Waals surface area contributed by atoms with Gasteiger partial charge in [0.25, 0.3) is 5.92 Å². The van der Waals surface area contributed by atoms with Gasteiger partial charge < -0.3 is 29.1 Å². The van der Waals surface area contributed by atoms with E-state index in [-0.39, 0.29) is 50.0 Å². The van der Waals surface area contributed by atoms with Gasteiger partial charge in [0.1, 0.15) is 16.8 Å². The first-order valence-corrected chi connectivity index (χ1v) is 16.4. The van der Waals surface area contributed by atoms with Crippen LogP contribution in [-0.4, -0.2) is 76.6 Å². The van der Waals surface area contributed by atoms with Gasteiger partial charge in [-0.2, -0.15) is 0 Å². The van der Waals surface area contributed by atoms with Crippen LogP contribution in [0.4, 0.5) is 18.4 Å². The predicted molar refractivity (Wildman–Crippen MR) is 179 cm³/mol. The molecular formula is C36H44ClF2N3O6. The van der Waals surface area contributed by atoms with Crippen molar-refractivity contribution in [3.05, 3.63) is 69.7 Å². The van der Waals surface area contributed by atoms with E-state index < -0.39 is 34.9 Å². The monoisotopic (exact) mass is 687 g/mol. The van der Waals surface area contributed by atoms with Crippen molar-refractivity contribution in [1.29, 1.82) is 0 Å². The van der Waals surface area contributed by atoms with Gasteiger partial charge in [-0.3, -0.25) is 0 Å². The molecule has 0 bridgehead atoms. The van der Waals surface area contributed by atoms with Crippen LogP contribution in [0.1, 0.15) is 70.7 Å². The van der Waals surface area contributed by atoms with E-state index >= 15 is 0 Å². The summed E-state index contributed by atoms with van der Waals surface area (Å²) in [5.41, 5.74) is -0.418. The first-order valence-electron chi connectivity index (χ1n) is 16.0. The number of benzene rings is 2. The molecule has 0 saturated carbocycles. The van der Waals surface area contributed by atoms with Crippen molar-refractivity contribution >= 4 is 34.7 Å². The molecule has 0 radical (unpaired) electrons. The Morgan fingerprint density at radius 1 is 0.854 bits per heavy atom. The van der Waals surface area contributed by atoms with Crippen LogP contribution in [0.3, 0.4) is 0 Å². The molecule has 0 spiro atoms. The third-order valence-corrected chi connectivity index (χ3v) is 9.22. The number of aromatic nitrogens is 1. The van der Waals surface area contributed by atoms with Crippen molar-refractivity contribution < 1.29 is 37.7 Å². The number of nitrogens with zero attached hydrogens (tertiary/aromatic N) is 3. The van der Waals surface area contributed by atoms with Gasteiger partial charge in [-0.15, -0.1) is 0 Å². The Labute approximate surface area is 285 Å². The minimum Gasteiger partial charge on any atom is -0.481 e. The number of halogens is 3. The number of pyridine rings is 1. The standard InChI is InChI=1S/C36H44ClF2N3O6/c1-33(2,3)47-31(43)41-17-24(18-41)36(45,25-19-42(20-25)32(44)48-34(4,5)6)23-13-14-28-26(16-23)29(37)27(30(40-28)46-8)15-21-9-11-22(12-10-21)35(7,38)39/h9-14,16,24-25,45H,15,17-20H2,1-8H3. The minimum absolute atomic E-state index is 0.0904. The maximum atomic E-state index is 13.8. The fourth-order valence-corrected chi connectivity index (χ4v) is 6.50. The Hall–Kier alpha value is -3.70. The summed E-state index contributed by atoms with van der Waals surface area (Å²) in [6.07, 6.45) is -0.637. The van der Waals surface area contributed by atoms with Crippen LogP contribution in [0, 0.1) is 11.8 Å². The van der Waals surface area contributed by atoms with Crippen LogP contribution < -0.4 is 4.74 Å². The molecule has 2 aliphatic rings. The molecule has 1 aromatic heterocycles. The van der Waals surface area contributed by atoms with Gasteiger partial charge in [-0.1, -0.05) is 41.9 Å². The van der Waals surface area contributed by atoms with Crippen LogP contribution in [0.15, 0.2) is 42.5 Å². The number of carbonyl (C=O) groups is 2. The fraction of sp³-hybridized carbons (Fsp3) is 0.528. The maximum absolute atomic E-state index is 13.8. The van der Waals surface area contributed by atoms with Gasteiger partial charge in [0, 0.05) is 67.9 Å². The third kappa shape index (κ3) is 7.32. The zero-order valence-electron chi connectivity index (χ0n) is 28.7. The molecule has 2 amide bonds. The van der Waals surface area contributed by atoms with Crippen molar-refractivity contribution in [2.45, 2.75) is 77.6 Å². The second-order valence-corrected chi connectivity index (χ2v) is 15.3. The molecule has 0 unspecified atom stereocenters. The quantitative estimate of drug-likeness (QED) is 0.274. The molecule has 260 valence electrons. The van der Waals surface area contributed by atoms with E-state index in [1.165, 1.54) is 19.2 Å². The number of rotatable bonds is 7. The second kappa shape index (κ2) is 12.6. The molecule has 12 heteroatoms. The van der Waals surface area contributed by atoms with Crippen molar-refractivity contribution in [2.75, 3.05) is 33.3 Å². The van der Waals surface area contributed by atoms with Crippen LogP contribution in [0.2, 0.25) is 5.02 Å². The summed E-state index contributed by atoms with van der Waals surface area (Å²) in [7, 11) is 1.49. The van der Waals surface area contributed by atoms with Crippen molar-refractivity contribution in [3.63, 3.8) is 0 Å². The van der Waals surface area contributed by atoms with E-state index in [0.29, 0.717) is 32.9 Å². The highest BCUT2D eigenvalue weighted by atomic mass is 35.5. The first kappa shape index (κ1) is 35.6. The maximum Gasteiger partial charge on any atom is 0.410 e. The van der Waals surface area contributed by atoms with E-state index in [2.05, 4.69) is 4.98 Å². The van der Waals surface area contributed by atoms with E-state index in [9.17, 15) is 23.5 Å². The molecule has 3 heterocycles. The largest absolute Gasteiger partial charge is 0.481 e. The number of ether oxygens (including phenoxy) is 3. The van der Waals surface area contributed by atoms with E-state index in [1.54, 1.807) is 81.7 Å². The number of hydrogen-bond donors (Lipinski definition) is 1. The van der Waals surface area contributed by atoms with E-state index in [1.807, 2.05) is 0 Å². The molecular weight excluding hydrogens is 644 g/mol. The number of carbonyl (C=O) groups excluding carboxylic acids is 2. The topological polar surface area (TPSA) is 101 Å². The highest BCUT2D eigenvalue weighted by molar-refractivity contribution is 6.36. The van der Waals surface area contributed by atoms with Gasteiger partial charge in [-0.25, -0.2) is 23.4 Å². The Balaban J connectivity index is 1.49. The number of methoxy groups -OCH3 is 1. The summed E-state index contributed by atoms with van der Waals surface area (Å²) in [5, 5.41) is 13.6. The predicted octanol–water partition coefficient (Wildman–Crippen LogP) is 7.52. The summed E-state index contributed by atoms with van der Waals surface area (Å²) in [6.45, 7) is 12.7. The fourth-order valence-electron chi connectivity index (χ4n) is 6.20. The van der Waals surface area contributed by atoms with Crippen molar-refractivity contribution in [1.82, 2.24) is 14.8 Å². The lowest BCUT2D eigenvalue weighted by atomic mass is 9.66. The molecule has 2 saturated heterocycles. The normalized spacial score (nSPS) is 16.4. The lowest BCUT2D eigenvalue weighted by Gasteiger charge is -2.55. The van der Waals surface area contributed by atoms with Crippen LogP contribution in [0.25, 0.3) is 10.9 Å². The Bertz CT molecular complexity index is 1640. The third-order valence-electron chi connectivity index (χ3n) is 8.79. The van der Waals surface area contributed by atoms with Gasteiger partial charge in [0.05, 0.1) is 17.6 Å². The number of hydrogen-bond acceptors (Lipinski definition) is 7. The summed E-state index contributed by atoms with van der Waals surface area (Å²) >= 11 is 7.05. The molecule has 1 N–H and O–H groups in total. The Morgan fingerprint density at radius 2 is 1.33 bits per heavy atom. The number of fused-ring (bicyclic) bond motifs is 1. The summed E-state index contributed by atoms with van der Waals surface area (Å²) < 4.78 is 44.3. The highest BCUT2D eigenvalue weighted by Gasteiger charge is 2.56. The molecule has 3 aromatic rings. The summed E-state index contributed by atoms with van der Waals surface area (Å²) in [4.78, 5) is 33.4. The average molecular weight is 688 g/mol. The molecule has 0 aliphatic carbocycles. The van der Waals surface area contributed by atoms with Crippen LogP contribution in [0.5, 0.6) is 5.88 Å². The number of alkyl halides is 2. The molecule has 48 heavy (non-hydrogen) atoms.